The molecule has 2 fully saturated rings. The average Bonchev–Trinajstić information content (AvgIpc) is 3.08. The summed E-state index contributed by atoms with van der Waals surface area (Å²) >= 11 is 6.21. The number of benzene rings is 1. The number of hydrogen-bond donors (Lipinski definition) is 0. The van der Waals surface area contributed by atoms with Crippen LogP contribution in [0.25, 0.3) is 11.0 Å². The van der Waals surface area contributed by atoms with Gasteiger partial charge in [-0.25, -0.2) is 4.98 Å². The van der Waals surface area contributed by atoms with Crippen molar-refractivity contribution in [2.75, 3.05) is 13.1 Å². The molecule has 21 heavy (non-hydrogen) atoms. The lowest BCUT2D eigenvalue weighted by atomic mass is 9.98. The molecule has 0 aliphatic carbocycles. The fourth-order valence-corrected chi connectivity index (χ4v) is 4.53. The molecule has 2 saturated heterocycles. The van der Waals surface area contributed by atoms with Gasteiger partial charge >= 0.3 is 0 Å². The number of piperidine rings is 1. The van der Waals surface area contributed by atoms with E-state index in [1.165, 1.54) is 49.9 Å². The van der Waals surface area contributed by atoms with Crippen LogP contribution in [0.4, 0.5) is 0 Å². The number of aryl methyl sites for hydroxylation is 1. The Labute approximate surface area is 130 Å². The monoisotopic (exact) mass is 303 g/mol. The molecule has 0 N–H and O–H groups in total. The normalized spacial score (nSPS) is 26.4. The molecule has 2 unspecified atom stereocenters. The van der Waals surface area contributed by atoms with E-state index >= 15 is 0 Å². The summed E-state index contributed by atoms with van der Waals surface area (Å²) in [5.74, 6) is 1.54. The van der Waals surface area contributed by atoms with Gasteiger partial charge in [0.1, 0.15) is 5.82 Å². The molecule has 1 aromatic carbocycles. The Kier molecular flexibility index (Phi) is 3.43. The van der Waals surface area contributed by atoms with Crippen molar-refractivity contribution < 1.29 is 0 Å². The highest BCUT2D eigenvalue weighted by Gasteiger charge is 2.38. The highest BCUT2D eigenvalue weighted by atomic mass is 35.5. The van der Waals surface area contributed by atoms with E-state index in [4.69, 9.17) is 16.6 Å². The fraction of sp³-hybridized carbons (Fsp3) is 0.588. The standard InChI is InChI=1S/C17H22ClN3/c1-12-5-4-6-13-17(12)21(16(11-18)19-13)15-8-10-20-9-3-2-7-14(15)20/h4-6,14-15H,2-3,7-11H2,1H3. The molecule has 3 nitrogen and oxygen atoms in total. The van der Waals surface area contributed by atoms with Crippen LogP contribution >= 0.6 is 11.6 Å². The van der Waals surface area contributed by atoms with Crippen molar-refractivity contribution in [2.45, 2.75) is 50.6 Å². The minimum atomic E-state index is 0.497. The predicted octanol–water partition coefficient (Wildman–Crippen LogP) is 3.88. The van der Waals surface area contributed by atoms with Gasteiger partial charge in [-0.15, -0.1) is 11.6 Å². The fourth-order valence-electron chi connectivity index (χ4n) is 4.34. The molecule has 112 valence electrons. The molecule has 4 heteroatoms. The second-order valence-electron chi connectivity index (χ2n) is 6.43. The van der Waals surface area contributed by atoms with E-state index in [9.17, 15) is 0 Å². The smallest absolute Gasteiger partial charge is 0.125 e. The maximum absolute atomic E-state index is 6.21. The van der Waals surface area contributed by atoms with Gasteiger partial charge in [-0.1, -0.05) is 18.6 Å². The van der Waals surface area contributed by atoms with Crippen LogP contribution in [0.1, 0.15) is 43.1 Å². The molecule has 4 rings (SSSR count). The first-order chi connectivity index (χ1) is 10.3. The topological polar surface area (TPSA) is 21.1 Å². The first-order valence-corrected chi connectivity index (χ1v) is 8.59. The summed E-state index contributed by atoms with van der Waals surface area (Å²) < 4.78 is 2.47. The molecule has 0 amide bonds. The third-order valence-corrected chi connectivity index (χ3v) is 5.50. The summed E-state index contributed by atoms with van der Waals surface area (Å²) in [5, 5.41) is 0. The number of fused-ring (bicyclic) bond motifs is 2. The molecule has 2 aromatic rings. The Bertz CT molecular complexity index is 663. The van der Waals surface area contributed by atoms with Crippen LogP contribution in [-0.2, 0) is 5.88 Å². The quantitative estimate of drug-likeness (QED) is 0.785. The zero-order valence-corrected chi connectivity index (χ0v) is 13.3. The summed E-state index contributed by atoms with van der Waals surface area (Å²) in [4.78, 5) is 7.46. The third kappa shape index (κ3) is 2.09. The van der Waals surface area contributed by atoms with Crippen molar-refractivity contribution in [2.24, 2.45) is 0 Å². The number of rotatable bonds is 2. The van der Waals surface area contributed by atoms with E-state index in [0.717, 1.165) is 11.3 Å². The van der Waals surface area contributed by atoms with Crippen molar-refractivity contribution in [3.8, 4) is 0 Å². The van der Waals surface area contributed by atoms with Crippen LogP contribution in [0.5, 0.6) is 0 Å². The number of aromatic nitrogens is 2. The molecule has 0 saturated carbocycles. The SMILES string of the molecule is Cc1cccc2nc(CCl)n(C3CCN4CCCCC34)c12. The van der Waals surface area contributed by atoms with Gasteiger partial charge in [-0.05, 0) is 44.4 Å². The van der Waals surface area contributed by atoms with Crippen LogP contribution in [0, 0.1) is 6.92 Å². The van der Waals surface area contributed by atoms with Crippen molar-refractivity contribution in [3.63, 3.8) is 0 Å². The van der Waals surface area contributed by atoms with Crippen LogP contribution in [0.2, 0.25) is 0 Å². The zero-order valence-electron chi connectivity index (χ0n) is 12.6. The molecular weight excluding hydrogens is 282 g/mol. The Balaban J connectivity index is 1.85. The number of imidazole rings is 1. The van der Waals surface area contributed by atoms with Crippen molar-refractivity contribution in [1.29, 1.82) is 0 Å². The van der Waals surface area contributed by atoms with Crippen LogP contribution < -0.4 is 0 Å². The maximum atomic E-state index is 6.21. The summed E-state index contributed by atoms with van der Waals surface area (Å²) in [5.41, 5.74) is 3.70. The number of nitrogens with zero attached hydrogens (tertiary/aromatic N) is 3. The molecule has 0 bridgehead atoms. The molecule has 3 heterocycles. The summed E-state index contributed by atoms with van der Waals surface area (Å²) in [6.07, 6.45) is 5.26. The Morgan fingerprint density at radius 2 is 2.10 bits per heavy atom. The zero-order chi connectivity index (χ0) is 14.4. The van der Waals surface area contributed by atoms with Gasteiger partial charge in [-0.3, -0.25) is 4.90 Å². The van der Waals surface area contributed by atoms with Gasteiger partial charge in [0.2, 0.25) is 0 Å². The predicted molar refractivity (Wildman–Crippen MR) is 86.9 cm³/mol. The third-order valence-electron chi connectivity index (χ3n) is 5.26. The molecule has 2 aliphatic heterocycles. The number of para-hydroxylation sites is 1. The second kappa shape index (κ2) is 5.29. The largest absolute Gasteiger partial charge is 0.322 e. The molecule has 1 aromatic heterocycles. The van der Waals surface area contributed by atoms with E-state index in [1.807, 2.05) is 0 Å². The summed E-state index contributed by atoms with van der Waals surface area (Å²) in [7, 11) is 0. The Morgan fingerprint density at radius 3 is 2.95 bits per heavy atom. The van der Waals surface area contributed by atoms with Crippen LogP contribution in [0.3, 0.4) is 0 Å². The Morgan fingerprint density at radius 1 is 1.19 bits per heavy atom. The molecular formula is C17H22ClN3. The van der Waals surface area contributed by atoms with Gasteiger partial charge in [0.05, 0.1) is 23.0 Å². The molecule has 0 spiro atoms. The van der Waals surface area contributed by atoms with E-state index in [0.29, 0.717) is 18.0 Å². The van der Waals surface area contributed by atoms with E-state index in [2.05, 4.69) is 34.6 Å². The number of alkyl halides is 1. The Hall–Kier alpha value is -1.06. The lowest BCUT2D eigenvalue weighted by Crippen LogP contribution is -2.38. The average molecular weight is 304 g/mol. The molecule has 2 atom stereocenters. The van der Waals surface area contributed by atoms with Crippen LogP contribution in [-0.4, -0.2) is 33.6 Å². The maximum Gasteiger partial charge on any atom is 0.125 e. The van der Waals surface area contributed by atoms with E-state index in [-0.39, 0.29) is 0 Å². The van der Waals surface area contributed by atoms with E-state index in [1.54, 1.807) is 0 Å². The summed E-state index contributed by atoms with van der Waals surface area (Å²) in [6, 6.07) is 7.62. The molecule has 2 aliphatic rings. The highest BCUT2D eigenvalue weighted by molar-refractivity contribution is 6.16. The van der Waals surface area contributed by atoms with Gasteiger partial charge in [0, 0.05) is 12.6 Å². The summed E-state index contributed by atoms with van der Waals surface area (Å²) in [6.45, 7) is 4.68. The minimum absolute atomic E-state index is 0.497. The van der Waals surface area contributed by atoms with Gasteiger partial charge in [0.15, 0.2) is 0 Å². The first-order valence-electron chi connectivity index (χ1n) is 8.06. The number of halogens is 1. The van der Waals surface area contributed by atoms with E-state index < -0.39 is 0 Å². The first kappa shape index (κ1) is 13.6. The highest BCUT2D eigenvalue weighted by Crippen LogP contribution is 2.38. The molecule has 0 radical (unpaired) electrons. The lowest BCUT2D eigenvalue weighted by molar-refractivity contribution is 0.174. The van der Waals surface area contributed by atoms with Crippen molar-refractivity contribution >= 4 is 22.6 Å². The van der Waals surface area contributed by atoms with Gasteiger partial charge in [-0.2, -0.15) is 0 Å². The van der Waals surface area contributed by atoms with Crippen molar-refractivity contribution in [3.05, 3.63) is 29.6 Å². The van der Waals surface area contributed by atoms with Crippen molar-refractivity contribution in [1.82, 2.24) is 14.5 Å². The van der Waals surface area contributed by atoms with Gasteiger partial charge in [0.25, 0.3) is 0 Å². The minimum Gasteiger partial charge on any atom is -0.322 e. The second-order valence-corrected chi connectivity index (χ2v) is 6.70. The number of hydrogen-bond acceptors (Lipinski definition) is 2. The van der Waals surface area contributed by atoms with Crippen LogP contribution in [0.15, 0.2) is 18.2 Å². The lowest BCUT2D eigenvalue weighted by Gasteiger charge is -2.33. The van der Waals surface area contributed by atoms with Gasteiger partial charge < -0.3 is 4.57 Å².